The molecule has 0 atom stereocenters. The van der Waals surface area contributed by atoms with Gasteiger partial charge in [-0.2, -0.15) is 0 Å². The number of aromatic nitrogens is 2. The molecule has 3 rings (SSSR count). The molecule has 5 heteroatoms. The summed E-state index contributed by atoms with van der Waals surface area (Å²) in [5, 5.41) is 14.6. The SMILES string of the molecule is Cc1c[nH]c2ccc(-c3cc(N)no3)c(O)c12. The van der Waals surface area contributed by atoms with E-state index in [1.165, 1.54) is 0 Å². The largest absolute Gasteiger partial charge is 0.506 e. The molecule has 1 aromatic carbocycles. The molecule has 0 aliphatic rings. The smallest absolute Gasteiger partial charge is 0.172 e. The number of hydrogen-bond donors (Lipinski definition) is 3. The molecule has 4 N–H and O–H groups in total. The molecule has 0 saturated carbocycles. The molecule has 3 aromatic rings. The van der Waals surface area contributed by atoms with Crippen molar-refractivity contribution < 1.29 is 9.63 Å². The molecule has 0 spiro atoms. The van der Waals surface area contributed by atoms with Crippen molar-refractivity contribution in [2.45, 2.75) is 6.92 Å². The maximum atomic E-state index is 10.2. The minimum Gasteiger partial charge on any atom is -0.506 e. The van der Waals surface area contributed by atoms with Crippen molar-refractivity contribution in [1.29, 1.82) is 0 Å². The molecule has 0 saturated heterocycles. The first-order valence-corrected chi connectivity index (χ1v) is 5.19. The van der Waals surface area contributed by atoms with E-state index in [9.17, 15) is 5.11 Å². The summed E-state index contributed by atoms with van der Waals surface area (Å²) in [5.41, 5.74) is 7.95. The lowest BCUT2D eigenvalue weighted by Crippen LogP contribution is -1.80. The van der Waals surface area contributed by atoms with Gasteiger partial charge in [-0.15, -0.1) is 0 Å². The summed E-state index contributed by atoms with van der Waals surface area (Å²) in [4.78, 5) is 3.08. The molecule has 0 aliphatic heterocycles. The Kier molecular flexibility index (Phi) is 1.89. The van der Waals surface area contributed by atoms with E-state index in [2.05, 4.69) is 10.1 Å². The fourth-order valence-electron chi connectivity index (χ4n) is 1.98. The fraction of sp³-hybridized carbons (Fsp3) is 0.0833. The summed E-state index contributed by atoms with van der Waals surface area (Å²) in [7, 11) is 0. The van der Waals surface area contributed by atoms with Crippen LogP contribution in [0.2, 0.25) is 0 Å². The first-order valence-electron chi connectivity index (χ1n) is 5.19. The van der Waals surface area contributed by atoms with Gasteiger partial charge in [-0.1, -0.05) is 5.16 Å². The summed E-state index contributed by atoms with van der Waals surface area (Å²) in [5.74, 6) is 0.935. The highest BCUT2D eigenvalue weighted by Crippen LogP contribution is 2.37. The Balaban J connectivity index is 2.30. The Labute approximate surface area is 96.8 Å². The third-order valence-electron chi connectivity index (χ3n) is 2.81. The Hall–Kier alpha value is -2.43. The van der Waals surface area contributed by atoms with E-state index >= 15 is 0 Å². The standard InChI is InChI=1S/C12H11N3O2/c1-6-5-14-8-3-2-7(12(16)11(6)8)9-4-10(13)15-17-9/h2-5,14,16H,1H3,(H2,13,15). The summed E-state index contributed by atoms with van der Waals surface area (Å²) in [6.45, 7) is 1.93. The average molecular weight is 229 g/mol. The normalized spacial score (nSPS) is 11.1. The van der Waals surface area contributed by atoms with Crippen molar-refractivity contribution in [3.8, 4) is 17.1 Å². The van der Waals surface area contributed by atoms with E-state index in [1.807, 2.05) is 19.2 Å². The summed E-state index contributed by atoms with van der Waals surface area (Å²) >= 11 is 0. The highest BCUT2D eigenvalue weighted by molar-refractivity contribution is 5.94. The van der Waals surface area contributed by atoms with Gasteiger partial charge in [-0.3, -0.25) is 0 Å². The quantitative estimate of drug-likeness (QED) is 0.598. The molecule has 0 radical (unpaired) electrons. The number of H-pyrrole nitrogens is 1. The summed E-state index contributed by atoms with van der Waals surface area (Å²) < 4.78 is 5.05. The number of phenolic OH excluding ortho intramolecular Hbond substituents is 1. The maximum absolute atomic E-state index is 10.2. The number of aryl methyl sites for hydroxylation is 1. The van der Waals surface area contributed by atoms with Gasteiger partial charge >= 0.3 is 0 Å². The molecule has 2 heterocycles. The fourth-order valence-corrected chi connectivity index (χ4v) is 1.98. The number of nitrogens with zero attached hydrogens (tertiary/aromatic N) is 1. The number of nitrogen functional groups attached to an aromatic ring is 1. The first-order chi connectivity index (χ1) is 8.16. The lowest BCUT2D eigenvalue weighted by molar-refractivity contribution is 0.430. The van der Waals surface area contributed by atoms with Gasteiger partial charge in [-0.25, -0.2) is 0 Å². The van der Waals surface area contributed by atoms with Crippen LogP contribution in [0.4, 0.5) is 5.82 Å². The van der Waals surface area contributed by atoms with Crippen LogP contribution in [0.1, 0.15) is 5.56 Å². The van der Waals surface area contributed by atoms with Crippen LogP contribution in [-0.4, -0.2) is 15.2 Å². The molecule has 0 fully saturated rings. The number of benzene rings is 1. The van der Waals surface area contributed by atoms with Crippen molar-refractivity contribution in [3.63, 3.8) is 0 Å². The number of fused-ring (bicyclic) bond motifs is 1. The summed E-state index contributed by atoms with van der Waals surface area (Å²) in [6.07, 6.45) is 1.85. The highest BCUT2D eigenvalue weighted by Gasteiger charge is 2.14. The van der Waals surface area contributed by atoms with Gasteiger partial charge in [0.2, 0.25) is 0 Å². The lowest BCUT2D eigenvalue weighted by atomic mass is 10.1. The van der Waals surface area contributed by atoms with Crippen LogP contribution in [0.15, 0.2) is 28.9 Å². The molecular formula is C12H11N3O2. The minimum atomic E-state index is 0.178. The molecule has 0 bridgehead atoms. The van der Waals surface area contributed by atoms with Crippen molar-refractivity contribution in [1.82, 2.24) is 10.1 Å². The third-order valence-corrected chi connectivity index (χ3v) is 2.81. The molecule has 86 valence electrons. The number of anilines is 1. The van der Waals surface area contributed by atoms with Gasteiger partial charge in [0.05, 0.1) is 5.56 Å². The van der Waals surface area contributed by atoms with Crippen molar-refractivity contribution in [3.05, 3.63) is 30.0 Å². The van der Waals surface area contributed by atoms with Gasteiger partial charge < -0.3 is 20.3 Å². The van der Waals surface area contributed by atoms with E-state index < -0.39 is 0 Å². The molecule has 0 amide bonds. The zero-order valence-corrected chi connectivity index (χ0v) is 9.19. The maximum Gasteiger partial charge on any atom is 0.172 e. The number of aromatic hydroxyl groups is 1. The lowest BCUT2D eigenvalue weighted by Gasteiger charge is -2.02. The summed E-state index contributed by atoms with van der Waals surface area (Å²) in [6, 6.07) is 5.24. The van der Waals surface area contributed by atoms with Gasteiger partial charge in [0.1, 0.15) is 5.75 Å². The monoisotopic (exact) mass is 229 g/mol. The second kappa shape index (κ2) is 3.28. The molecule has 0 unspecified atom stereocenters. The number of phenols is 1. The first kappa shape index (κ1) is 9.77. The van der Waals surface area contributed by atoms with Gasteiger partial charge in [-0.05, 0) is 24.6 Å². The number of nitrogens with two attached hydrogens (primary N) is 1. The second-order valence-corrected chi connectivity index (χ2v) is 3.97. The van der Waals surface area contributed by atoms with Crippen LogP contribution >= 0.6 is 0 Å². The number of nitrogens with one attached hydrogen (secondary N) is 1. The van der Waals surface area contributed by atoms with E-state index in [1.54, 1.807) is 12.1 Å². The van der Waals surface area contributed by atoms with Crippen LogP contribution < -0.4 is 5.73 Å². The molecule has 0 aliphatic carbocycles. The Morgan fingerprint density at radius 2 is 2.24 bits per heavy atom. The minimum absolute atomic E-state index is 0.178. The third kappa shape index (κ3) is 1.36. The average Bonchev–Trinajstić information content (AvgIpc) is 2.87. The predicted octanol–water partition coefficient (Wildman–Crippen LogP) is 2.42. The number of aromatic amines is 1. The van der Waals surface area contributed by atoms with Crippen LogP contribution in [0.3, 0.4) is 0 Å². The number of hydrogen-bond acceptors (Lipinski definition) is 4. The van der Waals surface area contributed by atoms with Crippen LogP contribution in [-0.2, 0) is 0 Å². The van der Waals surface area contributed by atoms with E-state index in [0.717, 1.165) is 16.5 Å². The topological polar surface area (TPSA) is 88.1 Å². The van der Waals surface area contributed by atoms with Gasteiger partial charge in [0.25, 0.3) is 0 Å². The number of rotatable bonds is 1. The predicted molar refractivity (Wildman–Crippen MR) is 64.6 cm³/mol. The molecule has 17 heavy (non-hydrogen) atoms. The van der Waals surface area contributed by atoms with Crippen molar-refractivity contribution in [2.75, 3.05) is 5.73 Å². The van der Waals surface area contributed by atoms with Crippen molar-refractivity contribution in [2.24, 2.45) is 0 Å². The van der Waals surface area contributed by atoms with Gasteiger partial charge in [0.15, 0.2) is 11.6 Å². The molecular weight excluding hydrogens is 218 g/mol. The Morgan fingerprint density at radius 3 is 2.94 bits per heavy atom. The van der Waals surface area contributed by atoms with E-state index in [0.29, 0.717) is 17.1 Å². The van der Waals surface area contributed by atoms with Gasteiger partial charge in [0, 0.05) is 23.2 Å². The Morgan fingerprint density at radius 1 is 1.41 bits per heavy atom. The molecule has 5 nitrogen and oxygen atoms in total. The second-order valence-electron chi connectivity index (χ2n) is 3.97. The van der Waals surface area contributed by atoms with E-state index in [-0.39, 0.29) is 5.75 Å². The molecule has 2 aromatic heterocycles. The van der Waals surface area contributed by atoms with Crippen LogP contribution in [0.5, 0.6) is 5.75 Å². The Bertz CT molecular complexity index is 697. The highest BCUT2D eigenvalue weighted by atomic mass is 16.5. The zero-order valence-electron chi connectivity index (χ0n) is 9.19. The van der Waals surface area contributed by atoms with E-state index in [4.69, 9.17) is 10.3 Å². The van der Waals surface area contributed by atoms with Crippen LogP contribution in [0.25, 0.3) is 22.2 Å². The zero-order chi connectivity index (χ0) is 12.0. The van der Waals surface area contributed by atoms with Crippen molar-refractivity contribution >= 4 is 16.7 Å². The van der Waals surface area contributed by atoms with Crippen LogP contribution in [0, 0.1) is 6.92 Å².